The molecular weight excluding hydrogens is 477 g/mol. The van der Waals surface area contributed by atoms with Crippen LogP contribution in [0.1, 0.15) is 0 Å². The van der Waals surface area contributed by atoms with Crippen LogP contribution in [0.15, 0.2) is 95.4 Å². The summed E-state index contributed by atoms with van der Waals surface area (Å²) in [6, 6.07) is 27.5. The third kappa shape index (κ3) is 3.40. The van der Waals surface area contributed by atoms with E-state index in [4.69, 9.17) is 4.42 Å². The van der Waals surface area contributed by atoms with E-state index < -0.39 is 21.4 Å². The van der Waals surface area contributed by atoms with Gasteiger partial charge in [-0.3, -0.25) is 0 Å². The van der Waals surface area contributed by atoms with E-state index in [1.54, 1.807) is 18.2 Å². The first kappa shape index (κ1) is 21.5. The van der Waals surface area contributed by atoms with Crippen molar-refractivity contribution >= 4 is 53.6 Å². The van der Waals surface area contributed by atoms with Crippen molar-refractivity contribution in [1.29, 1.82) is 0 Å². The summed E-state index contributed by atoms with van der Waals surface area (Å²) in [7, 11) is -5.85. The smallest absolute Gasteiger partial charge is 0.456 e. The number of fused-ring (bicyclic) bond motifs is 6. The lowest BCUT2D eigenvalue weighted by molar-refractivity contribution is -0.0499. The van der Waals surface area contributed by atoms with Gasteiger partial charge in [0.25, 0.3) is 0 Å². The van der Waals surface area contributed by atoms with Crippen LogP contribution in [0.4, 0.5) is 13.2 Å². The van der Waals surface area contributed by atoms with Crippen LogP contribution in [0.5, 0.6) is 5.75 Å². The lowest BCUT2D eigenvalue weighted by Crippen LogP contribution is -2.28. The minimum absolute atomic E-state index is 0.155. The van der Waals surface area contributed by atoms with Gasteiger partial charge in [-0.15, -0.1) is 0 Å². The van der Waals surface area contributed by atoms with Crippen LogP contribution in [0, 0.1) is 0 Å². The topological polar surface area (TPSA) is 56.5 Å². The maximum atomic E-state index is 13.0. The Labute approximate surface area is 197 Å². The van der Waals surface area contributed by atoms with Crippen LogP contribution in [-0.4, -0.2) is 13.9 Å². The zero-order valence-electron chi connectivity index (χ0n) is 17.8. The molecule has 6 aromatic rings. The van der Waals surface area contributed by atoms with Crippen molar-refractivity contribution in [2.75, 3.05) is 0 Å². The van der Waals surface area contributed by atoms with E-state index in [9.17, 15) is 21.6 Å². The Morgan fingerprint density at radius 3 is 2.17 bits per heavy atom. The van der Waals surface area contributed by atoms with E-state index in [1.807, 2.05) is 48.5 Å². The third-order valence-corrected chi connectivity index (χ3v) is 6.98. The Balaban J connectivity index is 1.62. The van der Waals surface area contributed by atoms with Crippen molar-refractivity contribution in [2.24, 2.45) is 0 Å². The molecule has 0 bridgehead atoms. The SMILES string of the molecule is O=S(=O)(Oc1cccc2oc3ccc(-c4cc5ccccc5c5ccccc45)cc3c12)C(F)(F)F. The van der Waals surface area contributed by atoms with Crippen LogP contribution < -0.4 is 4.18 Å². The second kappa shape index (κ2) is 7.48. The lowest BCUT2D eigenvalue weighted by Gasteiger charge is -2.12. The minimum atomic E-state index is -5.85. The van der Waals surface area contributed by atoms with Crippen LogP contribution in [-0.2, 0) is 10.1 Å². The molecule has 5 aromatic carbocycles. The molecule has 174 valence electrons. The highest BCUT2D eigenvalue weighted by Gasteiger charge is 2.48. The van der Waals surface area contributed by atoms with Gasteiger partial charge >= 0.3 is 15.6 Å². The Hall–Kier alpha value is -4.04. The zero-order valence-corrected chi connectivity index (χ0v) is 18.7. The van der Waals surface area contributed by atoms with Crippen molar-refractivity contribution in [3.05, 3.63) is 91.0 Å². The van der Waals surface area contributed by atoms with Gasteiger partial charge in [0.15, 0.2) is 5.75 Å². The quantitative estimate of drug-likeness (QED) is 0.144. The van der Waals surface area contributed by atoms with Gasteiger partial charge in [0.1, 0.15) is 11.2 Å². The van der Waals surface area contributed by atoms with E-state index in [0.717, 1.165) is 32.7 Å². The molecule has 0 unspecified atom stereocenters. The molecule has 4 nitrogen and oxygen atoms in total. The van der Waals surface area contributed by atoms with Crippen molar-refractivity contribution in [1.82, 2.24) is 0 Å². The molecule has 0 aliphatic carbocycles. The molecular formula is C27H15F3O4S. The van der Waals surface area contributed by atoms with E-state index in [1.165, 1.54) is 12.1 Å². The fraction of sp³-hybridized carbons (Fsp3) is 0.0370. The molecule has 35 heavy (non-hydrogen) atoms. The first-order valence-electron chi connectivity index (χ1n) is 10.6. The number of alkyl halides is 3. The second-order valence-electron chi connectivity index (χ2n) is 8.12. The van der Waals surface area contributed by atoms with Gasteiger partial charge in [-0.05, 0) is 63.0 Å². The normalized spacial score (nSPS) is 12.7. The molecule has 0 saturated carbocycles. The lowest BCUT2D eigenvalue weighted by atomic mass is 9.92. The summed E-state index contributed by atoms with van der Waals surface area (Å²) in [6.45, 7) is 0. The van der Waals surface area contributed by atoms with E-state index in [2.05, 4.69) is 16.3 Å². The second-order valence-corrected chi connectivity index (χ2v) is 9.65. The highest BCUT2D eigenvalue weighted by Crippen LogP contribution is 2.41. The van der Waals surface area contributed by atoms with Crippen LogP contribution in [0.2, 0.25) is 0 Å². The average Bonchev–Trinajstić information content (AvgIpc) is 3.21. The molecule has 0 spiro atoms. The highest BCUT2D eigenvalue weighted by atomic mass is 32.2. The zero-order chi connectivity index (χ0) is 24.4. The van der Waals surface area contributed by atoms with Gasteiger partial charge < -0.3 is 8.60 Å². The van der Waals surface area contributed by atoms with Crippen molar-refractivity contribution in [3.63, 3.8) is 0 Å². The predicted molar refractivity (Wildman–Crippen MR) is 130 cm³/mol. The molecule has 8 heteroatoms. The summed E-state index contributed by atoms with van der Waals surface area (Å²) in [4.78, 5) is 0. The maximum absolute atomic E-state index is 13.0. The van der Waals surface area contributed by atoms with Crippen LogP contribution in [0.25, 0.3) is 54.6 Å². The summed E-state index contributed by atoms with van der Waals surface area (Å²) in [5, 5.41) is 4.82. The van der Waals surface area contributed by atoms with Gasteiger partial charge in [-0.1, -0.05) is 60.7 Å². The standard InChI is InChI=1S/C27H15F3O4S/c28-27(29,30)35(31,32)34-25-11-5-10-24-26(25)22-15-17(12-13-23(22)33-24)21-14-16-6-1-2-7-18(16)19-8-3-4-9-20(19)21/h1-15H. The summed E-state index contributed by atoms with van der Waals surface area (Å²) in [5.41, 5.74) is -3.21. The molecule has 0 atom stereocenters. The highest BCUT2D eigenvalue weighted by molar-refractivity contribution is 7.88. The molecule has 0 amide bonds. The third-order valence-electron chi connectivity index (χ3n) is 6.02. The summed E-state index contributed by atoms with van der Waals surface area (Å²) >= 11 is 0. The number of halogens is 3. The Bertz CT molecular complexity index is 1890. The molecule has 0 saturated heterocycles. The summed E-state index contributed by atoms with van der Waals surface area (Å²) in [5.74, 6) is -0.445. The minimum Gasteiger partial charge on any atom is -0.456 e. The van der Waals surface area contributed by atoms with Gasteiger partial charge in [0.05, 0.1) is 5.39 Å². The molecule has 6 rings (SSSR count). The average molecular weight is 492 g/mol. The maximum Gasteiger partial charge on any atom is 0.534 e. The molecule has 0 aliphatic rings. The van der Waals surface area contributed by atoms with E-state index in [0.29, 0.717) is 11.0 Å². The molecule has 0 radical (unpaired) electrons. The van der Waals surface area contributed by atoms with Crippen molar-refractivity contribution in [3.8, 4) is 16.9 Å². The molecule has 0 N–H and O–H groups in total. The molecule has 1 heterocycles. The number of benzene rings is 5. The predicted octanol–water partition coefficient (Wildman–Crippen LogP) is 7.79. The number of hydrogen-bond donors (Lipinski definition) is 0. The van der Waals surface area contributed by atoms with Crippen molar-refractivity contribution in [2.45, 2.75) is 5.51 Å². The van der Waals surface area contributed by atoms with E-state index >= 15 is 0 Å². The fourth-order valence-electron chi connectivity index (χ4n) is 4.49. The number of rotatable bonds is 3. The Kier molecular flexibility index (Phi) is 4.59. The number of hydrogen-bond acceptors (Lipinski definition) is 4. The van der Waals surface area contributed by atoms with Gasteiger partial charge in [-0.25, -0.2) is 0 Å². The van der Waals surface area contributed by atoms with Gasteiger partial charge in [0.2, 0.25) is 0 Å². The fourth-order valence-corrected chi connectivity index (χ4v) is 4.96. The van der Waals surface area contributed by atoms with Crippen molar-refractivity contribution < 1.29 is 30.2 Å². The van der Waals surface area contributed by atoms with E-state index in [-0.39, 0.29) is 11.0 Å². The summed E-state index contributed by atoms with van der Waals surface area (Å²) in [6.07, 6.45) is 0. The molecule has 0 fully saturated rings. The van der Waals surface area contributed by atoms with Gasteiger partial charge in [0, 0.05) is 5.39 Å². The summed E-state index contributed by atoms with van der Waals surface area (Å²) < 4.78 is 72.7. The Morgan fingerprint density at radius 1 is 0.686 bits per heavy atom. The monoisotopic (exact) mass is 492 g/mol. The first-order valence-corrected chi connectivity index (χ1v) is 12.0. The molecule has 0 aliphatic heterocycles. The number of furan rings is 1. The van der Waals surface area contributed by atoms with Crippen LogP contribution >= 0.6 is 0 Å². The first-order chi connectivity index (χ1) is 16.7. The molecule has 1 aromatic heterocycles. The van der Waals surface area contributed by atoms with Gasteiger partial charge in [-0.2, -0.15) is 21.6 Å². The largest absolute Gasteiger partial charge is 0.534 e. The Morgan fingerprint density at radius 2 is 1.40 bits per heavy atom. The van der Waals surface area contributed by atoms with Crippen LogP contribution in [0.3, 0.4) is 0 Å².